The average Bonchev–Trinajstić information content (AvgIpc) is 2.73. The second kappa shape index (κ2) is 5.44. The van der Waals surface area contributed by atoms with Gasteiger partial charge in [0.2, 0.25) is 0 Å². The molecule has 2 rings (SSSR count). The molecule has 0 aliphatic rings. The van der Waals surface area contributed by atoms with Gasteiger partial charge < -0.3 is 5.32 Å². The van der Waals surface area contributed by atoms with Gasteiger partial charge in [-0.15, -0.1) is 5.10 Å². The molecule has 0 aliphatic heterocycles. The highest BCUT2D eigenvalue weighted by atomic mass is 19.1. The SMILES string of the molecule is CC(C)(C)NCc1cn(Cc2cncc(F)c2)nn1. The molecule has 0 aliphatic carbocycles. The van der Waals surface area contributed by atoms with Crippen LogP contribution in [0.25, 0.3) is 0 Å². The summed E-state index contributed by atoms with van der Waals surface area (Å²) in [6, 6.07) is 1.45. The van der Waals surface area contributed by atoms with Crippen molar-refractivity contribution in [1.82, 2.24) is 25.3 Å². The number of rotatable bonds is 4. The first-order valence-electron chi connectivity index (χ1n) is 6.16. The third-order valence-electron chi connectivity index (χ3n) is 2.49. The summed E-state index contributed by atoms with van der Waals surface area (Å²) in [6.07, 6.45) is 4.66. The average molecular weight is 263 g/mol. The van der Waals surface area contributed by atoms with Gasteiger partial charge >= 0.3 is 0 Å². The molecule has 19 heavy (non-hydrogen) atoms. The predicted octanol–water partition coefficient (Wildman–Crippen LogP) is 1.75. The largest absolute Gasteiger partial charge is 0.306 e. The lowest BCUT2D eigenvalue weighted by molar-refractivity contribution is 0.421. The normalized spacial score (nSPS) is 11.8. The molecule has 1 N–H and O–H groups in total. The molecule has 102 valence electrons. The van der Waals surface area contributed by atoms with Gasteiger partial charge in [0, 0.05) is 18.3 Å². The molecule has 0 bridgehead atoms. The zero-order valence-electron chi connectivity index (χ0n) is 11.4. The first-order valence-corrected chi connectivity index (χ1v) is 6.16. The lowest BCUT2D eigenvalue weighted by atomic mass is 10.1. The fourth-order valence-electron chi connectivity index (χ4n) is 1.58. The number of hydrogen-bond donors (Lipinski definition) is 1. The molecular weight excluding hydrogens is 245 g/mol. The van der Waals surface area contributed by atoms with Crippen molar-refractivity contribution in [2.45, 2.75) is 39.4 Å². The Bertz CT molecular complexity index is 544. The Morgan fingerprint density at radius 1 is 1.32 bits per heavy atom. The smallest absolute Gasteiger partial charge is 0.141 e. The molecule has 0 saturated carbocycles. The monoisotopic (exact) mass is 263 g/mol. The van der Waals surface area contributed by atoms with Crippen molar-refractivity contribution in [3.63, 3.8) is 0 Å². The van der Waals surface area contributed by atoms with Gasteiger partial charge in [0.25, 0.3) is 0 Å². The summed E-state index contributed by atoms with van der Waals surface area (Å²) < 4.78 is 14.7. The van der Waals surface area contributed by atoms with E-state index < -0.39 is 0 Å². The molecule has 0 unspecified atom stereocenters. The van der Waals surface area contributed by atoms with Crippen LogP contribution >= 0.6 is 0 Å². The van der Waals surface area contributed by atoms with Crippen LogP contribution in [0.2, 0.25) is 0 Å². The molecule has 2 aromatic rings. The zero-order valence-corrected chi connectivity index (χ0v) is 11.4. The maximum absolute atomic E-state index is 13.0. The molecule has 0 fully saturated rings. The molecule has 6 heteroatoms. The topological polar surface area (TPSA) is 55.6 Å². The summed E-state index contributed by atoms with van der Waals surface area (Å²) in [7, 11) is 0. The van der Waals surface area contributed by atoms with Gasteiger partial charge in [0.15, 0.2) is 0 Å². The summed E-state index contributed by atoms with van der Waals surface area (Å²) in [5.74, 6) is -0.341. The van der Waals surface area contributed by atoms with Crippen molar-refractivity contribution in [2.24, 2.45) is 0 Å². The molecule has 0 radical (unpaired) electrons. The van der Waals surface area contributed by atoms with Gasteiger partial charge in [0.05, 0.1) is 24.6 Å². The molecule has 5 nitrogen and oxygen atoms in total. The first-order chi connectivity index (χ1) is 8.92. The van der Waals surface area contributed by atoms with Crippen molar-refractivity contribution in [2.75, 3.05) is 0 Å². The van der Waals surface area contributed by atoms with Crippen LogP contribution in [0, 0.1) is 5.82 Å². The third-order valence-corrected chi connectivity index (χ3v) is 2.49. The van der Waals surface area contributed by atoms with E-state index in [4.69, 9.17) is 0 Å². The van der Waals surface area contributed by atoms with E-state index in [1.807, 2.05) is 6.20 Å². The lowest BCUT2D eigenvalue weighted by Crippen LogP contribution is -2.35. The van der Waals surface area contributed by atoms with E-state index in [1.165, 1.54) is 12.3 Å². The Morgan fingerprint density at radius 2 is 2.11 bits per heavy atom. The van der Waals surface area contributed by atoms with E-state index in [1.54, 1.807) is 10.9 Å². The van der Waals surface area contributed by atoms with E-state index >= 15 is 0 Å². The van der Waals surface area contributed by atoms with E-state index in [0.29, 0.717) is 13.1 Å². The highest BCUT2D eigenvalue weighted by Crippen LogP contribution is 2.05. The fourth-order valence-corrected chi connectivity index (χ4v) is 1.58. The van der Waals surface area contributed by atoms with Gasteiger partial charge in [0.1, 0.15) is 5.82 Å². The minimum atomic E-state index is -0.341. The summed E-state index contributed by atoms with van der Waals surface area (Å²) in [6.45, 7) is 7.40. The van der Waals surface area contributed by atoms with Gasteiger partial charge in [-0.1, -0.05) is 5.21 Å². The molecule has 0 spiro atoms. The molecule has 0 amide bonds. The summed E-state index contributed by atoms with van der Waals surface area (Å²) >= 11 is 0. The van der Waals surface area contributed by atoms with Crippen LogP contribution in [-0.2, 0) is 13.1 Å². The highest BCUT2D eigenvalue weighted by molar-refractivity contribution is 5.10. The molecular formula is C13H18FN5. The Kier molecular flexibility index (Phi) is 3.90. The summed E-state index contributed by atoms with van der Waals surface area (Å²) in [5.41, 5.74) is 1.66. The minimum absolute atomic E-state index is 0.0380. The van der Waals surface area contributed by atoms with Crippen molar-refractivity contribution in [1.29, 1.82) is 0 Å². The molecule has 0 saturated heterocycles. The summed E-state index contributed by atoms with van der Waals surface area (Å²) in [4.78, 5) is 3.81. The standard InChI is InChI=1S/C13H18FN5/c1-13(2,3)16-7-12-9-19(18-17-12)8-10-4-11(14)6-15-5-10/h4-6,9,16H,7-8H2,1-3H3. The number of nitrogens with one attached hydrogen (secondary N) is 1. The van der Waals surface area contributed by atoms with E-state index in [9.17, 15) is 4.39 Å². The van der Waals surface area contributed by atoms with Gasteiger partial charge in [-0.25, -0.2) is 9.07 Å². The zero-order chi connectivity index (χ0) is 13.9. The van der Waals surface area contributed by atoms with Crippen molar-refractivity contribution in [3.8, 4) is 0 Å². The second-order valence-electron chi connectivity index (χ2n) is 5.52. The quantitative estimate of drug-likeness (QED) is 0.913. The molecule has 2 heterocycles. The Hall–Kier alpha value is -1.82. The second-order valence-corrected chi connectivity index (χ2v) is 5.52. The van der Waals surface area contributed by atoms with Crippen LogP contribution < -0.4 is 5.32 Å². The minimum Gasteiger partial charge on any atom is -0.306 e. The molecule has 0 atom stereocenters. The Morgan fingerprint density at radius 3 is 2.79 bits per heavy atom. The predicted molar refractivity (Wildman–Crippen MR) is 69.9 cm³/mol. The van der Waals surface area contributed by atoms with Crippen LogP contribution in [0.5, 0.6) is 0 Å². The Balaban J connectivity index is 1.97. The highest BCUT2D eigenvalue weighted by Gasteiger charge is 2.10. The van der Waals surface area contributed by atoms with Crippen LogP contribution in [0.15, 0.2) is 24.7 Å². The van der Waals surface area contributed by atoms with Crippen molar-refractivity contribution >= 4 is 0 Å². The fraction of sp³-hybridized carbons (Fsp3) is 0.462. The van der Waals surface area contributed by atoms with E-state index in [0.717, 1.165) is 11.3 Å². The van der Waals surface area contributed by atoms with Crippen molar-refractivity contribution in [3.05, 3.63) is 41.7 Å². The third kappa shape index (κ3) is 4.40. The molecule has 2 aromatic heterocycles. The van der Waals surface area contributed by atoms with Crippen LogP contribution in [-0.4, -0.2) is 25.5 Å². The summed E-state index contributed by atoms with van der Waals surface area (Å²) in [5, 5.41) is 11.4. The van der Waals surface area contributed by atoms with Crippen LogP contribution in [0.4, 0.5) is 4.39 Å². The van der Waals surface area contributed by atoms with Gasteiger partial charge in [-0.2, -0.15) is 0 Å². The molecule has 0 aromatic carbocycles. The lowest BCUT2D eigenvalue weighted by Gasteiger charge is -2.19. The van der Waals surface area contributed by atoms with Crippen molar-refractivity contribution < 1.29 is 4.39 Å². The Labute approximate surface area is 111 Å². The maximum Gasteiger partial charge on any atom is 0.141 e. The van der Waals surface area contributed by atoms with Crippen LogP contribution in [0.1, 0.15) is 32.0 Å². The maximum atomic E-state index is 13.0. The van der Waals surface area contributed by atoms with Gasteiger partial charge in [-0.05, 0) is 32.4 Å². The van der Waals surface area contributed by atoms with Gasteiger partial charge in [-0.3, -0.25) is 4.98 Å². The number of pyridine rings is 1. The number of nitrogens with zero attached hydrogens (tertiary/aromatic N) is 4. The van der Waals surface area contributed by atoms with Crippen LogP contribution in [0.3, 0.4) is 0 Å². The van der Waals surface area contributed by atoms with E-state index in [-0.39, 0.29) is 11.4 Å². The number of hydrogen-bond acceptors (Lipinski definition) is 4. The van der Waals surface area contributed by atoms with E-state index in [2.05, 4.69) is 41.4 Å². The first kappa shape index (κ1) is 13.6. The number of aromatic nitrogens is 4. The number of halogens is 1.